The van der Waals surface area contributed by atoms with Crippen molar-refractivity contribution in [1.82, 2.24) is 4.98 Å². The number of alkyl halides is 2. The van der Waals surface area contributed by atoms with Crippen molar-refractivity contribution in [3.8, 4) is 5.88 Å². The molecule has 1 aromatic heterocycles. The summed E-state index contributed by atoms with van der Waals surface area (Å²) in [6.45, 7) is 0. The number of ether oxygens (including phenoxy) is 1. The van der Waals surface area contributed by atoms with Crippen LogP contribution in [0.4, 0.5) is 8.78 Å². The van der Waals surface area contributed by atoms with Gasteiger partial charge in [0.05, 0.1) is 18.2 Å². The minimum Gasteiger partial charge on any atom is -0.482 e. The van der Waals surface area contributed by atoms with Crippen molar-refractivity contribution in [3.63, 3.8) is 0 Å². The van der Waals surface area contributed by atoms with E-state index in [2.05, 4.69) is 4.74 Å². The summed E-state index contributed by atoms with van der Waals surface area (Å²) in [7, 11) is 1.18. The van der Waals surface area contributed by atoms with Crippen molar-refractivity contribution in [2.75, 3.05) is 7.11 Å². The number of hydrogen-bond acceptors (Lipinski definition) is 3. The number of methoxy groups -OCH3 is 1. The van der Waals surface area contributed by atoms with E-state index >= 15 is 0 Å². The second-order valence-corrected chi connectivity index (χ2v) is 2.92. The molecule has 1 rings (SSSR count). The Kier molecular flexibility index (Phi) is 3.41. The second-order valence-electron chi connectivity index (χ2n) is 2.58. The summed E-state index contributed by atoms with van der Waals surface area (Å²) in [4.78, 5) is 23.9. The summed E-state index contributed by atoms with van der Waals surface area (Å²) in [6.07, 6.45) is -2.98. The predicted octanol–water partition coefficient (Wildman–Crippen LogP) is 1.70. The summed E-state index contributed by atoms with van der Waals surface area (Å²) in [6, 6.07) is 0.720. The summed E-state index contributed by atoms with van der Waals surface area (Å²) in [5.74, 6) is -0.232. The predicted molar refractivity (Wildman–Crippen MR) is 48.8 cm³/mol. The lowest BCUT2D eigenvalue weighted by atomic mass is 10.2. The van der Waals surface area contributed by atoms with Gasteiger partial charge in [0, 0.05) is 0 Å². The molecule has 0 aliphatic heterocycles. The molecule has 0 aromatic carbocycles. The van der Waals surface area contributed by atoms with E-state index in [1.807, 2.05) is 4.98 Å². The molecule has 1 aromatic rings. The van der Waals surface area contributed by atoms with Crippen LogP contribution < -0.4 is 10.3 Å². The minimum atomic E-state index is -2.98. The number of halogens is 3. The number of hydrogen-bond donors (Lipinski definition) is 1. The number of pyridine rings is 1. The minimum absolute atomic E-state index is 0.232. The fraction of sp³-hybridized carbons (Fsp3) is 0.250. The Hall–Kier alpha value is -1.43. The van der Waals surface area contributed by atoms with E-state index in [0.717, 1.165) is 6.07 Å². The molecule has 0 aliphatic carbocycles. The number of aromatic nitrogens is 1. The molecule has 0 saturated carbocycles. The maximum absolute atomic E-state index is 12.3. The largest absolute Gasteiger partial charge is 0.482 e. The van der Waals surface area contributed by atoms with Crippen molar-refractivity contribution in [1.29, 1.82) is 0 Å². The number of carbonyl (C=O) groups is 1. The van der Waals surface area contributed by atoms with Crippen LogP contribution in [0, 0.1) is 0 Å². The van der Waals surface area contributed by atoms with Gasteiger partial charge in [-0.1, -0.05) is 0 Å². The van der Waals surface area contributed by atoms with Crippen LogP contribution in [-0.4, -0.2) is 17.3 Å². The Morgan fingerprint density at radius 3 is 2.60 bits per heavy atom. The van der Waals surface area contributed by atoms with Crippen LogP contribution in [-0.2, 0) is 0 Å². The maximum Gasteiger partial charge on any atom is 0.269 e. The van der Waals surface area contributed by atoms with Crippen molar-refractivity contribution < 1.29 is 18.3 Å². The SMILES string of the molecule is COc1[nH]c(=O)c(C(F)F)cc1C(=O)Cl. The Bertz CT molecular complexity index is 444. The fourth-order valence-electron chi connectivity index (χ4n) is 0.998. The van der Waals surface area contributed by atoms with Gasteiger partial charge in [-0.25, -0.2) is 8.78 Å². The highest BCUT2D eigenvalue weighted by Gasteiger charge is 2.19. The molecule has 0 radical (unpaired) electrons. The highest BCUT2D eigenvalue weighted by atomic mass is 35.5. The van der Waals surface area contributed by atoms with E-state index in [1.54, 1.807) is 0 Å². The molecule has 0 fully saturated rings. The molecule has 0 atom stereocenters. The second kappa shape index (κ2) is 4.39. The van der Waals surface area contributed by atoms with E-state index in [0.29, 0.717) is 0 Å². The molecular weight excluding hydrogens is 232 g/mol. The molecule has 0 unspecified atom stereocenters. The number of carbonyl (C=O) groups excluding carboxylic acids is 1. The zero-order valence-electron chi connectivity index (χ0n) is 7.51. The molecule has 15 heavy (non-hydrogen) atoms. The Labute approximate surface area is 87.8 Å². The van der Waals surface area contributed by atoms with E-state index in [4.69, 9.17) is 11.6 Å². The van der Waals surface area contributed by atoms with Gasteiger partial charge in [0.2, 0.25) is 5.88 Å². The van der Waals surface area contributed by atoms with Crippen molar-refractivity contribution in [3.05, 3.63) is 27.5 Å². The van der Waals surface area contributed by atoms with Gasteiger partial charge in [0.1, 0.15) is 0 Å². The topological polar surface area (TPSA) is 59.2 Å². The van der Waals surface area contributed by atoms with Gasteiger partial charge in [-0.3, -0.25) is 14.6 Å². The highest BCUT2D eigenvalue weighted by molar-refractivity contribution is 6.68. The Morgan fingerprint density at radius 1 is 1.60 bits per heavy atom. The standard InChI is InChI=1S/C8H6ClF2NO3/c1-15-8-3(5(9)13)2-4(6(10)11)7(14)12-8/h2,6H,1H3,(H,12,14). The average molecular weight is 238 g/mol. The van der Waals surface area contributed by atoms with E-state index in [1.165, 1.54) is 7.11 Å². The summed E-state index contributed by atoms with van der Waals surface area (Å²) in [5, 5.41) is -0.981. The van der Waals surface area contributed by atoms with Crippen LogP contribution in [0.5, 0.6) is 5.88 Å². The highest BCUT2D eigenvalue weighted by Crippen LogP contribution is 2.21. The first kappa shape index (κ1) is 11.6. The fourth-order valence-corrected chi connectivity index (χ4v) is 1.14. The third-order valence-corrected chi connectivity index (χ3v) is 1.89. The molecular formula is C8H6ClF2NO3. The Morgan fingerprint density at radius 2 is 2.20 bits per heavy atom. The number of rotatable bonds is 3. The summed E-state index contributed by atoms with van der Waals surface area (Å²) < 4.78 is 29.2. The van der Waals surface area contributed by atoms with Crippen LogP contribution in [0.3, 0.4) is 0 Å². The van der Waals surface area contributed by atoms with Gasteiger partial charge < -0.3 is 4.74 Å². The van der Waals surface area contributed by atoms with Crippen LogP contribution in [0.1, 0.15) is 22.3 Å². The molecule has 0 bridgehead atoms. The molecule has 7 heteroatoms. The molecule has 4 nitrogen and oxygen atoms in total. The van der Waals surface area contributed by atoms with Crippen LogP contribution in [0.2, 0.25) is 0 Å². The lowest BCUT2D eigenvalue weighted by Crippen LogP contribution is -2.16. The van der Waals surface area contributed by atoms with E-state index < -0.39 is 22.8 Å². The molecule has 0 amide bonds. The molecule has 1 N–H and O–H groups in total. The molecule has 0 aliphatic rings. The van der Waals surface area contributed by atoms with Crippen molar-refractivity contribution in [2.45, 2.75) is 6.43 Å². The van der Waals surface area contributed by atoms with Gasteiger partial charge >= 0.3 is 0 Å². The molecule has 82 valence electrons. The monoisotopic (exact) mass is 237 g/mol. The first-order chi connectivity index (χ1) is 6.97. The smallest absolute Gasteiger partial charge is 0.269 e. The van der Waals surface area contributed by atoms with Crippen molar-refractivity contribution >= 4 is 16.8 Å². The van der Waals surface area contributed by atoms with Gasteiger partial charge in [0.15, 0.2) is 0 Å². The first-order valence-electron chi connectivity index (χ1n) is 3.76. The van der Waals surface area contributed by atoms with Crippen molar-refractivity contribution in [2.24, 2.45) is 0 Å². The van der Waals surface area contributed by atoms with Crippen LogP contribution >= 0.6 is 11.6 Å². The average Bonchev–Trinajstić information content (AvgIpc) is 2.16. The third-order valence-electron chi connectivity index (χ3n) is 1.68. The van der Waals surface area contributed by atoms with Crippen LogP contribution in [0.15, 0.2) is 10.9 Å². The summed E-state index contributed by atoms with van der Waals surface area (Å²) in [5.41, 5.74) is -2.13. The van der Waals surface area contributed by atoms with E-state index in [9.17, 15) is 18.4 Å². The van der Waals surface area contributed by atoms with Gasteiger partial charge in [-0.2, -0.15) is 0 Å². The zero-order chi connectivity index (χ0) is 11.6. The molecule has 0 spiro atoms. The first-order valence-corrected chi connectivity index (χ1v) is 4.14. The number of nitrogens with one attached hydrogen (secondary N) is 1. The third kappa shape index (κ3) is 2.33. The Balaban J connectivity index is 3.44. The maximum atomic E-state index is 12.3. The lowest BCUT2D eigenvalue weighted by Gasteiger charge is -2.06. The number of aromatic amines is 1. The number of H-pyrrole nitrogens is 1. The van der Waals surface area contributed by atoms with E-state index in [-0.39, 0.29) is 11.4 Å². The van der Waals surface area contributed by atoms with Gasteiger partial charge in [-0.15, -0.1) is 0 Å². The lowest BCUT2D eigenvalue weighted by molar-refractivity contribution is 0.107. The van der Waals surface area contributed by atoms with Gasteiger partial charge in [0.25, 0.3) is 17.2 Å². The summed E-state index contributed by atoms with van der Waals surface area (Å²) >= 11 is 5.13. The molecule has 0 saturated heterocycles. The van der Waals surface area contributed by atoms with Gasteiger partial charge in [-0.05, 0) is 17.7 Å². The zero-order valence-corrected chi connectivity index (χ0v) is 8.27. The molecule has 1 heterocycles. The van der Waals surface area contributed by atoms with Crippen LogP contribution in [0.25, 0.3) is 0 Å². The normalized spacial score (nSPS) is 10.5. The quantitative estimate of drug-likeness (QED) is 0.814.